The van der Waals surface area contributed by atoms with Crippen LogP contribution in [0.1, 0.15) is 12.0 Å². The van der Waals surface area contributed by atoms with E-state index in [-0.39, 0.29) is 24.6 Å². The van der Waals surface area contributed by atoms with Crippen molar-refractivity contribution in [2.75, 3.05) is 6.61 Å². The number of aliphatic hydroxyl groups is 1. The van der Waals surface area contributed by atoms with Crippen molar-refractivity contribution in [3.8, 4) is 5.82 Å². The van der Waals surface area contributed by atoms with E-state index in [0.717, 1.165) is 17.8 Å². The number of aromatic nitrogens is 3. The molecule has 3 N–H and O–H groups in total. The van der Waals surface area contributed by atoms with E-state index < -0.39 is 0 Å². The Hall–Kier alpha value is -2.67. The number of amides is 2. The third-order valence-electron chi connectivity index (χ3n) is 3.76. The molecule has 3 rings (SSSR count). The summed E-state index contributed by atoms with van der Waals surface area (Å²) in [7, 11) is 0. The second kappa shape index (κ2) is 7.06. The molecule has 7 nitrogen and oxygen atoms in total. The third kappa shape index (κ3) is 3.95. The van der Waals surface area contributed by atoms with Crippen LogP contribution in [-0.2, 0) is 6.54 Å². The highest BCUT2D eigenvalue weighted by Crippen LogP contribution is 2.16. The molecule has 1 aliphatic rings. The predicted octanol–water partition coefficient (Wildman–Crippen LogP) is 1.00. The molecule has 2 aromatic heterocycles. The lowest BCUT2D eigenvalue weighted by atomic mass is 10.1. The zero-order valence-electron chi connectivity index (χ0n) is 12.6. The fourth-order valence-electron chi connectivity index (χ4n) is 2.53. The average molecular weight is 313 g/mol. The summed E-state index contributed by atoms with van der Waals surface area (Å²) in [4.78, 5) is 20.2. The van der Waals surface area contributed by atoms with E-state index in [0.29, 0.717) is 6.54 Å². The molecular formula is C16H19N5O2. The Morgan fingerprint density at radius 3 is 3.04 bits per heavy atom. The first kappa shape index (κ1) is 15.2. The van der Waals surface area contributed by atoms with E-state index in [2.05, 4.69) is 20.6 Å². The van der Waals surface area contributed by atoms with E-state index in [1.54, 1.807) is 18.7 Å². The van der Waals surface area contributed by atoms with E-state index in [1.165, 1.54) is 0 Å². The molecular weight excluding hydrogens is 294 g/mol. The topological polar surface area (TPSA) is 92.1 Å². The summed E-state index contributed by atoms with van der Waals surface area (Å²) < 4.78 is 1.81. The number of urea groups is 1. The molecule has 0 bridgehead atoms. The zero-order valence-corrected chi connectivity index (χ0v) is 12.6. The lowest BCUT2D eigenvalue weighted by Gasteiger charge is -2.14. The maximum absolute atomic E-state index is 11.9. The Morgan fingerprint density at radius 1 is 1.39 bits per heavy atom. The number of nitrogens with one attached hydrogen (secondary N) is 2. The largest absolute Gasteiger partial charge is 0.396 e. The lowest BCUT2D eigenvalue weighted by molar-refractivity contribution is 0.231. The van der Waals surface area contributed by atoms with Gasteiger partial charge in [-0.2, -0.15) is 0 Å². The molecule has 2 amide bonds. The highest BCUT2D eigenvalue weighted by molar-refractivity contribution is 5.74. The van der Waals surface area contributed by atoms with Gasteiger partial charge in [0.25, 0.3) is 0 Å². The van der Waals surface area contributed by atoms with Gasteiger partial charge in [-0.05, 0) is 24.1 Å². The molecule has 2 aromatic rings. The van der Waals surface area contributed by atoms with Crippen LogP contribution in [0.4, 0.5) is 4.79 Å². The van der Waals surface area contributed by atoms with E-state index in [9.17, 15) is 4.79 Å². The number of pyridine rings is 1. The molecule has 120 valence electrons. The van der Waals surface area contributed by atoms with Gasteiger partial charge in [-0.1, -0.05) is 12.2 Å². The van der Waals surface area contributed by atoms with Crippen LogP contribution in [0.3, 0.4) is 0 Å². The summed E-state index contributed by atoms with van der Waals surface area (Å²) in [5.74, 6) is 0.893. The second-order valence-corrected chi connectivity index (χ2v) is 5.49. The van der Waals surface area contributed by atoms with Crippen LogP contribution in [-0.4, -0.2) is 38.3 Å². The summed E-state index contributed by atoms with van der Waals surface area (Å²) in [6.07, 6.45) is 11.5. The molecule has 0 aliphatic heterocycles. The molecule has 0 radical (unpaired) electrons. The fraction of sp³-hybridized carbons (Fsp3) is 0.312. The number of carbonyl (C=O) groups excluding carboxylic acids is 1. The van der Waals surface area contributed by atoms with Crippen LogP contribution in [0.15, 0.2) is 49.2 Å². The minimum absolute atomic E-state index is 0.0221. The summed E-state index contributed by atoms with van der Waals surface area (Å²) in [5.41, 5.74) is 0.953. The molecule has 0 saturated carbocycles. The third-order valence-corrected chi connectivity index (χ3v) is 3.76. The van der Waals surface area contributed by atoms with Crippen LogP contribution < -0.4 is 10.6 Å². The number of imidazole rings is 1. The highest BCUT2D eigenvalue weighted by atomic mass is 16.3. The molecule has 0 aromatic carbocycles. The standard InChI is InChI=1S/C16H19N5O2/c22-10-13-1-2-14(7-13)20-16(23)19-9-12-3-4-18-15(8-12)21-6-5-17-11-21/h1-6,8,11,13-14,22H,7,9-10H2,(H2,19,20,23)/t13-,14+/m0/s1. The van der Waals surface area contributed by atoms with Crippen molar-refractivity contribution in [3.63, 3.8) is 0 Å². The van der Waals surface area contributed by atoms with E-state index in [1.807, 2.05) is 35.0 Å². The summed E-state index contributed by atoms with van der Waals surface area (Å²) in [5, 5.41) is 14.8. The van der Waals surface area contributed by atoms with Crippen molar-refractivity contribution in [2.45, 2.75) is 19.0 Å². The van der Waals surface area contributed by atoms with Crippen LogP contribution in [0.25, 0.3) is 5.82 Å². The molecule has 1 aliphatic carbocycles. The SMILES string of the molecule is O=C(NCc1ccnc(-n2ccnc2)c1)N[C@@H]1C=C[C@H](CO)C1. The first-order valence-electron chi connectivity index (χ1n) is 7.51. The number of aliphatic hydroxyl groups excluding tert-OH is 1. The molecule has 0 saturated heterocycles. The van der Waals surface area contributed by atoms with Gasteiger partial charge in [0.05, 0.1) is 0 Å². The Balaban J connectivity index is 1.51. The summed E-state index contributed by atoms with van der Waals surface area (Å²) in [6.45, 7) is 0.528. The first-order chi connectivity index (χ1) is 11.2. The normalized spacial score (nSPS) is 19.7. The minimum Gasteiger partial charge on any atom is -0.396 e. The second-order valence-electron chi connectivity index (χ2n) is 5.49. The van der Waals surface area contributed by atoms with Crippen LogP contribution in [0.5, 0.6) is 0 Å². The molecule has 0 fully saturated rings. The maximum atomic E-state index is 11.9. The quantitative estimate of drug-likeness (QED) is 0.718. The van der Waals surface area contributed by atoms with Gasteiger partial charge < -0.3 is 15.7 Å². The van der Waals surface area contributed by atoms with Crippen molar-refractivity contribution in [1.82, 2.24) is 25.2 Å². The molecule has 23 heavy (non-hydrogen) atoms. The van der Waals surface area contributed by atoms with Gasteiger partial charge in [0, 0.05) is 43.7 Å². The van der Waals surface area contributed by atoms with Crippen molar-refractivity contribution in [3.05, 3.63) is 54.8 Å². The molecule has 0 unspecified atom stereocenters. The number of rotatable bonds is 5. The number of nitrogens with zero attached hydrogens (tertiary/aromatic N) is 3. The summed E-state index contributed by atoms with van der Waals surface area (Å²) >= 11 is 0. The van der Waals surface area contributed by atoms with Gasteiger partial charge in [-0.3, -0.25) is 4.57 Å². The summed E-state index contributed by atoms with van der Waals surface area (Å²) in [6, 6.07) is 3.52. The van der Waals surface area contributed by atoms with E-state index in [4.69, 9.17) is 5.11 Å². The predicted molar refractivity (Wildman–Crippen MR) is 84.9 cm³/mol. The molecule has 0 spiro atoms. The molecule has 7 heteroatoms. The first-order valence-corrected chi connectivity index (χ1v) is 7.51. The van der Waals surface area contributed by atoms with Crippen molar-refractivity contribution in [2.24, 2.45) is 5.92 Å². The van der Waals surface area contributed by atoms with Crippen LogP contribution >= 0.6 is 0 Å². The molecule has 2 atom stereocenters. The maximum Gasteiger partial charge on any atom is 0.315 e. The fourth-order valence-corrected chi connectivity index (χ4v) is 2.53. The number of hydrogen-bond donors (Lipinski definition) is 3. The Kier molecular flexibility index (Phi) is 4.68. The van der Waals surface area contributed by atoms with Gasteiger partial charge in [0.15, 0.2) is 0 Å². The molecule has 2 heterocycles. The lowest BCUT2D eigenvalue weighted by Crippen LogP contribution is -2.40. The number of carbonyl (C=O) groups is 1. The number of hydrogen-bond acceptors (Lipinski definition) is 4. The highest BCUT2D eigenvalue weighted by Gasteiger charge is 2.19. The van der Waals surface area contributed by atoms with Crippen LogP contribution in [0.2, 0.25) is 0 Å². The van der Waals surface area contributed by atoms with Gasteiger partial charge >= 0.3 is 6.03 Å². The van der Waals surface area contributed by atoms with Gasteiger partial charge in [-0.15, -0.1) is 0 Å². The van der Waals surface area contributed by atoms with Crippen molar-refractivity contribution >= 4 is 6.03 Å². The Labute approximate surface area is 134 Å². The smallest absolute Gasteiger partial charge is 0.315 e. The Morgan fingerprint density at radius 2 is 2.30 bits per heavy atom. The Bertz CT molecular complexity index is 684. The zero-order chi connectivity index (χ0) is 16.1. The minimum atomic E-state index is -0.223. The monoisotopic (exact) mass is 313 g/mol. The van der Waals surface area contributed by atoms with Gasteiger partial charge in [-0.25, -0.2) is 14.8 Å². The van der Waals surface area contributed by atoms with Gasteiger partial charge in [0.2, 0.25) is 0 Å². The average Bonchev–Trinajstić information content (AvgIpc) is 3.25. The van der Waals surface area contributed by atoms with Crippen molar-refractivity contribution in [1.29, 1.82) is 0 Å². The van der Waals surface area contributed by atoms with Gasteiger partial charge in [0.1, 0.15) is 12.1 Å². The van der Waals surface area contributed by atoms with Crippen LogP contribution in [0, 0.1) is 5.92 Å². The van der Waals surface area contributed by atoms with Crippen molar-refractivity contribution < 1.29 is 9.90 Å². The van der Waals surface area contributed by atoms with E-state index >= 15 is 0 Å².